The molecule has 2 heterocycles. The van der Waals surface area contributed by atoms with Crippen LogP contribution in [0.5, 0.6) is 0 Å². The van der Waals surface area contributed by atoms with E-state index < -0.39 is 20.0 Å². The zero-order valence-corrected chi connectivity index (χ0v) is 17.8. The van der Waals surface area contributed by atoms with Crippen LogP contribution in [0, 0.1) is 0 Å². The Bertz CT molecular complexity index is 1010. The third-order valence-corrected chi connectivity index (χ3v) is 8.50. The van der Waals surface area contributed by atoms with Gasteiger partial charge in [0.25, 0.3) is 10.0 Å². The first kappa shape index (κ1) is 21.0. The van der Waals surface area contributed by atoms with Crippen molar-refractivity contribution in [2.75, 3.05) is 26.2 Å². The van der Waals surface area contributed by atoms with Gasteiger partial charge in [-0.1, -0.05) is 25.5 Å². The van der Waals surface area contributed by atoms with Crippen LogP contribution in [0.15, 0.2) is 46.7 Å². The quantitative estimate of drug-likeness (QED) is 0.697. The van der Waals surface area contributed by atoms with Gasteiger partial charge in [0.15, 0.2) is 5.03 Å². The van der Waals surface area contributed by atoms with Crippen LogP contribution in [0.4, 0.5) is 0 Å². The minimum Gasteiger partial charge on any atom is -0.339 e. The van der Waals surface area contributed by atoms with Crippen molar-refractivity contribution in [2.45, 2.75) is 36.1 Å². The van der Waals surface area contributed by atoms with Crippen LogP contribution in [0.3, 0.4) is 0 Å². The lowest BCUT2D eigenvalue weighted by Crippen LogP contribution is -2.37. The number of sulfonamides is 2. The molecule has 0 bridgehead atoms. The van der Waals surface area contributed by atoms with E-state index in [2.05, 4.69) is 11.9 Å². The second kappa shape index (κ2) is 8.32. The van der Waals surface area contributed by atoms with Gasteiger partial charge in [0, 0.05) is 39.4 Å². The second-order valence-corrected chi connectivity index (χ2v) is 10.8. The predicted octanol–water partition coefficient (Wildman–Crippen LogP) is 1.46. The molecule has 0 N–H and O–H groups in total. The van der Waals surface area contributed by atoms with Crippen LogP contribution in [0.1, 0.15) is 25.3 Å². The largest absolute Gasteiger partial charge is 0.339 e. The smallest absolute Gasteiger partial charge is 0.262 e. The number of imidazole rings is 1. The lowest BCUT2D eigenvalue weighted by atomic mass is 10.1. The number of benzene rings is 1. The highest BCUT2D eigenvalue weighted by molar-refractivity contribution is 7.89. The minimum atomic E-state index is -3.73. The van der Waals surface area contributed by atoms with Gasteiger partial charge in [-0.3, -0.25) is 0 Å². The minimum absolute atomic E-state index is 0.0159. The molecule has 0 saturated carbocycles. The molecule has 2 aromatic rings. The normalized spacial score (nSPS) is 17.5. The average Bonchev–Trinajstić information content (AvgIpc) is 2.94. The van der Waals surface area contributed by atoms with E-state index >= 15 is 0 Å². The van der Waals surface area contributed by atoms with Gasteiger partial charge in [-0.05, 0) is 30.5 Å². The van der Waals surface area contributed by atoms with Crippen molar-refractivity contribution in [1.82, 2.24) is 18.2 Å². The molecule has 1 aliphatic heterocycles. The molecule has 154 valence electrons. The molecule has 1 aliphatic rings. The van der Waals surface area contributed by atoms with Crippen molar-refractivity contribution >= 4 is 20.0 Å². The summed E-state index contributed by atoms with van der Waals surface area (Å²) < 4.78 is 55.7. The Balaban J connectivity index is 1.75. The summed E-state index contributed by atoms with van der Waals surface area (Å²) in [6.07, 6.45) is 5.22. The van der Waals surface area contributed by atoms with E-state index in [-0.39, 0.29) is 36.1 Å². The van der Waals surface area contributed by atoms with Crippen molar-refractivity contribution < 1.29 is 16.8 Å². The fourth-order valence-electron chi connectivity index (χ4n) is 3.27. The Morgan fingerprint density at radius 2 is 1.54 bits per heavy atom. The van der Waals surface area contributed by atoms with Crippen LogP contribution >= 0.6 is 0 Å². The molecule has 1 saturated heterocycles. The molecule has 1 fully saturated rings. The van der Waals surface area contributed by atoms with Crippen LogP contribution in [0.2, 0.25) is 0 Å². The number of rotatable bonds is 6. The topological polar surface area (TPSA) is 92.6 Å². The molecule has 0 radical (unpaired) electrons. The van der Waals surface area contributed by atoms with Crippen LogP contribution in [0.25, 0.3) is 0 Å². The average molecular weight is 427 g/mol. The number of hydrogen-bond donors (Lipinski definition) is 0. The molecule has 10 heteroatoms. The summed E-state index contributed by atoms with van der Waals surface area (Å²) in [5, 5.41) is -0.0159. The van der Waals surface area contributed by atoms with Crippen molar-refractivity contribution in [3.05, 3.63) is 42.4 Å². The summed E-state index contributed by atoms with van der Waals surface area (Å²) >= 11 is 0. The van der Waals surface area contributed by atoms with E-state index in [0.717, 1.165) is 18.4 Å². The number of nitrogens with zero attached hydrogens (tertiary/aromatic N) is 4. The summed E-state index contributed by atoms with van der Waals surface area (Å²) in [4.78, 5) is 4.18. The van der Waals surface area contributed by atoms with Gasteiger partial charge in [0.2, 0.25) is 10.0 Å². The maximum Gasteiger partial charge on any atom is 0.262 e. The van der Waals surface area contributed by atoms with Crippen molar-refractivity contribution in [3.63, 3.8) is 0 Å². The first-order chi connectivity index (χ1) is 13.2. The molecule has 0 spiro atoms. The molecule has 28 heavy (non-hydrogen) atoms. The number of hydrogen-bond acceptors (Lipinski definition) is 5. The highest BCUT2D eigenvalue weighted by Gasteiger charge is 2.32. The van der Waals surface area contributed by atoms with E-state index in [1.165, 1.54) is 21.1 Å². The fraction of sp³-hybridized carbons (Fsp3) is 0.500. The van der Waals surface area contributed by atoms with E-state index in [1.54, 1.807) is 23.7 Å². The fourth-order valence-corrected chi connectivity index (χ4v) is 6.18. The SMILES string of the molecule is CCCc1ccc(S(=O)(=O)N2CCCN(S(=O)(=O)c3cn(C)cn3)CC2)cc1. The summed E-state index contributed by atoms with van der Waals surface area (Å²) in [6, 6.07) is 6.94. The number of aryl methyl sites for hydroxylation is 2. The second-order valence-electron chi connectivity index (χ2n) is 6.93. The summed E-state index contributed by atoms with van der Waals surface area (Å²) in [7, 11) is -5.68. The maximum atomic E-state index is 13.0. The molecule has 8 nitrogen and oxygen atoms in total. The molecule has 1 aromatic carbocycles. The van der Waals surface area contributed by atoms with E-state index in [1.807, 2.05) is 12.1 Å². The lowest BCUT2D eigenvalue weighted by molar-refractivity contribution is 0.403. The Labute approximate surface area is 166 Å². The van der Waals surface area contributed by atoms with Gasteiger partial charge in [-0.2, -0.15) is 8.61 Å². The van der Waals surface area contributed by atoms with Gasteiger partial charge in [0.05, 0.1) is 11.2 Å². The summed E-state index contributed by atoms with van der Waals surface area (Å²) in [5.41, 5.74) is 1.10. The Hall–Kier alpha value is -1.75. The van der Waals surface area contributed by atoms with Crippen molar-refractivity contribution in [3.8, 4) is 0 Å². The lowest BCUT2D eigenvalue weighted by Gasteiger charge is -2.21. The standard InChI is InChI=1S/C18H26N4O4S2/c1-3-5-16-6-8-17(9-7-16)27(23,24)21-10-4-11-22(13-12-21)28(25,26)18-14-20(2)15-19-18/h6-9,14-15H,3-5,10-13H2,1-2H3. The molecule has 0 aliphatic carbocycles. The Morgan fingerprint density at radius 1 is 0.929 bits per heavy atom. The van der Waals surface area contributed by atoms with Crippen molar-refractivity contribution in [2.24, 2.45) is 7.05 Å². The third kappa shape index (κ3) is 4.29. The maximum absolute atomic E-state index is 13.0. The first-order valence-corrected chi connectivity index (χ1v) is 12.2. The molecule has 0 unspecified atom stereocenters. The molecular formula is C18H26N4O4S2. The Morgan fingerprint density at radius 3 is 2.07 bits per heavy atom. The van der Waals surface area contributed by atoms with E-state index in [4.69, 9.17) is 0 Å². The van der Waals surface area contributed by atoms with Gasteiger partial charge in [-0.25, -0.2) is 21.8 Å². The van der Waals surface area contributed by atoms with Crippen LogP contribution in [-0.4, -0.2) is 61.2 Å². The number of aromatic nitrogens is 2. The van der Waals surface area contributed by atoms with Gasteiger partial charge in [-0.15, -0.1) is 0 Å². The monoisotopic (exact) mass is 426 g/mol. The van der Waals surface area contributed by atoms with Crippen LogP contribution in [-0.2, 0) is 33.5 Å². The molecule has 0 atom stereocenters. The highest BCUT2D eigenvalue weighted by atomic mass is 32.2. The molecule has 0 amide bonds. The zero-order valence-electron chi connectivity index (χ0n) is 16.2. The van der Waals surface area contributed by atoms with Crippen molar-refractivity contribution in [1.29, 1.82) is 0 Å². The van der Waals surface area contributed by atoms with E-state index in [9.17, 15) is 16.8 Å². The van der Waals surface area contributed by atoms with Gasteiger partial charge in [0.1, 0.15) is 0 Å². The van der Waals surface area contributed by atoms with Crippen LogP contribution < -0.4 is 0 Å². The third-order valence-electron chi connectivity index (χ3n) is 4.80. The molecule has 1 aromatic heterocycles. The summed E-state index contributed by atoms with van der Waals surface area (Å²) in [6.45, 7) is 2.84. The van der Waals surface area contributed by atoms with E-state index in [0.29, 0.717) is 6.42 Å². The van der Waals surface area contributed by atoms with Gasteiger partial charge >= 0.3 is 0 Å². The highest BCUT2D eigenvalue weighted by Crippen LogP contribution is 2.21. The summed E-state index contributed by atoms with van der Waals surface area (Å²) in [5.74, 6) is 0. The van der Waals surface area contributed by atoms with Gasteiger partial charge < -0.3 is 4.57 Å². The molecular weight excluding hydrogens is 400 g/mol. The predicted molar refractivity (Wildman–Crippen MR) is 106 cm³/mol. The Kier molecular flexibility index (Phi) is 6.23. The first-order valence-electron chi connectivity index (χ1n) is 9.32. The zero-order chi connectivity index (χ0) is 20.4. The molecule has 3 rings (SSSR count).